The zero-order valence-corrected chi connectivity index (χ0v) is 22.1. The fourth-order valence-electron chi connectivity index (χ4n) is 4.62. The van der Waals surface area contributed by atoms with Gasteiger partial charge in [0.15, 0.2) is 0 Å². The van der Waals surface area contributed by atoms with Gasteiger partial charge in [-0.2, -0.15) is 0 Å². The van der Waals surface area contributed by atoms with Gasteiger partial charge in [-0.3, -0.25) is 0 Å². The maximum atomic E-state index is 6.61. The molecule has 2 atom stereocenters. The van der Waals surface area contributed by atoms with Crippen molar-refractivity contribution in [3.8, 4) is 0 Å². The summed E-state index contributed by atoms with van der Waals surface area (Å²) in [6.07, 6.45) is 8.43. The van der Waals surface area contributed by atoms with Gasteiger partial charge in [0, 0.05) is 0 Å². The maximum absolute atomic E-state index is 6.61. The number of hydrogen-bond acceptors (Lipinski definition) is 3. The van der Waals surface area contributed by atoms with Crippen LogP contribution in [0, 0.1) is 0 Å². The third kappa shape index (κ3) is 6.36. The van der Waals surface area contributed by atoms with E-state index in [9.17, 15) is 0 Å². The predicted molar refractivity (Wildman–Crippen MR) is 127 cm³/mol. The van der Waals surface area contributed by atoms with E-state index in [2.05, 4.69) is 57.2 Å². The van der Waals surface area contributed by atoms with Crippen LogP contribution in [-0.4, -0.2) is 31.3 Å². The van der Waals surface area contributed by atoms with Gasteiger partial charge in [0.1, 0.15) is 0 Å². The first-order chi connectivity index (χ1) is 14.7. The van der Waals surface area contributed by atoms with E-state index < -0.39 is 18.4 Å². The number of hydrogen-bond donors (Lipinski definition) is 0. The molecule has 1 aliphatic rings. The summed E-state index contributed by atoms with van der Waals surface area (Å²) in [5, 5.41) is 0. The Hall–Kier alpha value is -0.781. The normalized spacial score (nSPS) is 19.4. The quantitative estimate of drug-likeness (QED) is 0.268. The number of furan rings is 1. The molecule has 0 saturated carbocycles. The molecule has 1 fully saturated rings. The molecule has 1 aromatic heterocycles. The summed E-state index contributed by atoms with van der Waals surface area (Å²) in [6, 6.07) is 14.9. The summed E-state index contributed by atoms with van der Waals surface area (Å²) >= 11 is -2.51. The van der Waals surface area contributed by atoms with Crippen LogP contribution in [0.25, 0.3) is 0 Å². The Labute approximate surface area is 187 Å². The van der Waals surface area contributed by atoms with E-state index >= 15 is 0 Å². The third-order valence-electron chi connectivity index (χ3n) is 6.49. The zero-order chi connectivity index (χ0) is 21.2. The van der Waals surface area contributed by atoms with E-state index in [1.54, 1.807) is 0 Å². The Morgan fingerprint density at radius 3 is 2.07 bits per heavy atom. The number of rotatable bonds is 13. The van der Waals surface area contributed by atoms with Gasteiger partial charge >= 0.3 is 188 Å². The number of benzene rings is 1. The van der Waals surface area contributed by atoms with Crippen molar-refractivity contribution in [1.82, 2.24) is 0 Å². The van der Waals surface area contributed by atoms with Crippen LogP contribution in [0.1, 0.15) is 76.7 Å². The summed E-state index contributed by atoms with van der Waals surface area (Å²) in [5.74, 6) is 0.978. The molecule has 0 amide bonds. The molecule has 1 saturated heterocycles. The second-order valence-corrected chi connectivity index (χ2v) is 21.9. The van der Waals surface area contributed by atoms with E-state index in [4.69, 9.17) is 13.9 Å². The molecule has 1 aliphatic heterocycles. The Morgan fingerprint density at radius 1 is 0.833 bits per heavy atom. The van der Waals surface area contributed by atoms with Crippen LogP contribution in [0.5, 0.6) is 0 Å². The molecule has 166 valence electrons. The van der Waals surface area contributed by atoms with Gasteiger partial charge in [0.2, 0.25) is 0 Å². The van der Waals surface area contributed by atoms with E-state index in [1.165, 1.54) is 61.2 Å². The average molecular weight is 519 g/mol. The second-order valence-electron chi connectivity index (χ2n) is 8.87. The Morgan fingerprint density at radius 2 is 1.47 bits per heavy atom. The van der Waals surface area contributed by atoms with E-state index in [1.807, 2.05) is 6.07 Å². The Kier molecular flexibility index (Phi) is 9.79. The van der Waals surface area contributed by atoms with Crippen molar-refractivity contribution >= 4 is 22.2 Å². The molecule has 30 heavy (non-hydrogen) atoms. The summed E-state index contributed by atoms with van der Waals surface area (Å²) in [4.78, 5) is 0. The first-order valence-electron chi connectivity index (χ1n) is 12.1. The second kappa shape index (κ2) is 12.3. The summed E-state index contributed by atoms with van der Waals surface area (Å²) in [6.45, 7) is 7.55. The number of ether oxygens (including phenoxy) is 2. The molecule has 0 bridgehead atoms. The molecule has 2 unspecified atom stereocenters. The first-order valence-corrected chi connectivity index (χ1v) is 19.6. The molecule has 0 aliphatic carbocycles. The predicted octanol–water partition coefficient (Wildman–Crippen LogP) is 6.99. The number of unbranched alkanes of at least 4 members (excludes halogenated alkanes) is 3. The van der Waals surface area contributed by atoms with Crippen molar-refractivity contribution in [3.63, 3.8) is 0 Å². The standard InChI is InChI=1S/C14H13O3.3C4H9.Sn/c1-2-5-11(6-3-1)9-14-16-10-13(17-14)12-7-4-8-15-12;3*1-3-4-2;/h1-7,13-14H,9-10H2;3*1,3-4H2,2H3;. The molecular formula is C26H40O3Sn. The summed E-state index contributed by atoms with van der Waals surface area (Å²) < 4.78 is 24.4. The summed E-state index contributed by atoms with van der Waals surface area (Å²) in [5.41, 5.74) is 1.25. The van der Waals surface area contributed by atoms with Gasteiger partial charge < -0.3 is 0 Å². The minimum absolute atomic E-state index is 0.0695. The topological polar surface area (TPSA) is 31.6 Å². The SMILES string of the molecule is CCC[CH2][Sn]([CH2]CCC)([CH2]CCC)[c]1ccc(C2COC(Cc3ccccc3)O2)o1. The first kappa shape index (κ1) is 23.9. The van der Waals surface area contributed by atoms with Crippen molar-refractivity contribution in [2.45, 2.75) is 91.4 Å². The third-order valence-corrected chi connectivity index (χ3v) is 21.5. The van der Waals surface area contributed by atoms with Crippen LogP contribution in [0.15, 0.2) is 46.9 Å². The van der Waals surface area contributed by atoms with Gasteiger partial charge in [-0.1, -0.05) is 0 Å². The Bertz CT molecular complexity index is 705. The molecule has 2 heterocycles. The van der Waals surface area contributed by atoms with Crippen LogP contribution in [0.4, 0.5) is 0 Å². The van der Waals surface area contributed by atoms with Crippen LogP contribution in [0.2, 0.25) is 13.3 Å². The fraction of sp³-hybridized carbons (Fsp3) is 0.615. The summed E-state index contributed by atoms with van der Waals surface area (Å²) in [7, 11) is 0. The molecule has 3 nitrogen and oxygen atoms in total. The fourth-order valence-corrected chi connectivity index (χ4v) is 19.9. The van der Waals surface area contributed by atoms with Gasteiger partial charge in [0.25, 0.3) is 0 Å². The molecule has 4 heteroatoms. The van der Waals surface area contributed by atoms with Crippen LogP contribution in [-0.2, 0) is 15.9 Å². The molecule has 1 aromatic carbocycles. The van der Waals surface area contributed by atoms with Crippen LogP contribution >= 0.6 is 0 Å². The van der Waals surface area contributed by atoms with Crippen LogP contribution in [0.3, 0.4) is 0 Å². The molecule has 0 spiro atoms. The van der Waals surface area contributed by atoms with E-state index in [0.717, 1.165) is 12.2 Å². The zero-order valence-electron chi connectivity index (χ0n) is 19.2. The van der Waals surface area contributed by atoms with E-state index in [0.29, 0.717) is 6.61 Å². The molecular weight excluding hydrogens is 479 g/mol. The molecule has 0 radical (unpaired) electrons. The van der Waals surface area contributed by atoms with Crippen molar-refractivity contribution in [2.75, 3.05) is 6.61 Å². The van der Waals surface area contributed by atoms with Gasteiger partial charge in [-0.15, -0.1) is 0 Å². The van der Waals surface area contributed by atoms with Gasteiger partial charge in [-0.05, 0) is 0 Å². The van der Waals surface area contributed by atoms with E-state index in [-0.39, 0.29) is 12.4 Å². The minimum atomic E-state index is -2.51. The van der Waals surface area contributed by atoms with Gasteiger partial charge in [-0.25, -0.2) is 0 Å². The molecule has 2 aromatic rings. The van der Waals surface area contributed by atoms with Crippen molar-refractivity contribution in [2.24, 2.45) is 0 Å². The monoisotopic (exact) mass is 520 g/mol. The average Bonchev–Trinajstić information content (AvgIpc) is 3.44. The Balaban J connectivity index is 1.71. The van der Waals surface area contributed by atoms with Crippen LogP contribution < -0.4 is 3.78 Å². The molecule has 0 N–H and O–H groups in total. The van der Waals surface area contributed by atoms with Gasteiger partial charge in [0.05, 0.1) is 0 Å². The molecule has 3 rings (SSSR count). The van der Waals surface area contributed by atoms with Crippen molar-refractivity contribution in [1.29, 1.82) is 0 Å². The van der Waals surface area contributed by atoms with Crippen molar-refractivity contribution in [3.05, 3.63) is 53.8 Å². The van der Waals surface area contributed by atoms with Crippen molar-refractivity contribution < 1.29 is 13.9 Å².